The molecule has 1 aromatic carbocycles. The number of hydrogen-bond acceptors (Lipinski definition) is 3. The van der Waals surface area contributed by atoms with Crippen LogP contribution < -0.4 is 5.32 Å². The summed E-state index contributed by atoms with van der Waals surface area (Å²) in [5, 5.41) is 11.1. The number of fused-ring (bicyclic) bond motifs is 1. The second kappa shape index (κ2) is 6.44. The molecule has 1 N–H and O–H groups in total. The maximum Gasteiger partial charge on any atom is 0.254 e. The summed E-state index contributed by atoms with van der Waals surface area (Å²) in [5.74, 6) is -0.602. The molecule has 0 radical (unpaired) electrons. The Morgan fingerprint density at radius 1 is 1.26 bits per heavy atom. The summed E-state index contributed by atoms with van der Waals surface area (Å²) in [7, 11) is 0. The van der Waals surface area contributed by atoms with Crippen molar-refractivity contribution in [1.82, 2.24) is 20.1 Å². The predicted molar refractivity (Wildman–Crippen MR) is 79.8 cm³/mol. The lowest BCUT2D eigenvalue weighted by Crippen LogP contribution is -2.29. The maximum atomic E-state index is 13.7. The first-order chi connectivity index (χ1) is 11.1. The normalized spacial score (nSPS) is 15.6. The molecule has 0 saturated heterocycles. The molecule has 1 aromatic heterocycles. The van der Waals surface area contributed by atoms with Crippen LogP contribution in [0.3, 0.4) is 0 Å². The van der Waals surface area contributed by atoms with E-state index in [2.05, 4.69) is 15.5 Å². The van der Waals surface area contributed by atoms with Crippen LogP contribution >= 0.6 is 0 Å². The molecule has 1 aliphatic rings. The molecule has 0 bridgehead atoms. The molecule has 2 heterocycles. The summed E-state index contributed by atoms with van der Waals surface area (Å²) in [6.07, 6.45) is 4.15. The molecule has 3 rings (SSSR count). The fraction of sp³-hybridized carbons (Fsp3) is 0.438. The summed E-state index contributed by atoms with van der Waals surface area (Å²) in [4.78, 5) is 12.2. The Kier molecular flexibility index (Phi) is 4.36. The largest absolute Gasteiger partial charge is 0.342 e. The molecule has 2 aromatic rings. The van der Waals surface area contributed by atoms with Crippen LogP contribution in [0.4, 0.5) is 8.78 Å². The molecule has 1 aliphatic heterocycles. The molecular weight excluding hydrogens is 302 g/mol. The van der Waals surface area contributed by atoms with Crippen molar-refractivity contribution in [2.45, 2.75) is 45.2 Å². The highest BCUT2D eigenvalue weighted by molar-refractivity contribution is 5.94. The van der Waals surface area contributed by atoms with Crippen molar-refractivity contribution >= 4 is 5.91 Å². The number of nitrogens with zero attached hydrogens (tertiary/aromatic N) is 3. The van der Waals surface area contributed by atoms with Gasteiger partial charge in [-0.25, -0.2) is 8.78 Å². The third-order valence-corrected chi connectivity index (χ3v) is 4.05. The van der Waals surface area contributed by atoms with E-state index in [0.717, 1.165) is 50.2 Å². The van der Waals surface area contributed by atoms with Gasteiger partial charge in [0.1, 0.15) is 17.5 Å². The molecular formula is C16H18F2N4O. The minimum absolute atomic E-state index is 0.186. The van der Waals surface area contributed by atoms with E-state index in [4.69, 9.17) is 0 Å². The minimum atomic E-state index is -0.880. The highest BCUT2D eigenvalue weighted by Crippen LogP contribution is 2.19. The Bertz CT molecular complexity index is 729. The zero-order valence-electron chi connectivity index (χ0n) is 12.9. The van der Waals surface area contributed by atoms with Crippen molar-refractivity contribution in [3.63, 3.8) is 0 Å². The van der Waals surface area contributed by atoms with E-state index in [1.807, 2.05) is 4.57 Å². The maximum absolute atomic E-state index is 13.7. The van der Waals surface area contributed by atoms with Crippen molar-refractivity contribution in [2.75, 3.05) is 0 Å². The monoisotopic (exact) mass is 320 g/mol. The van der Waals surface area contributed by atoms with Crippen molar-refractivity contribution in [1.29, 1.82) is 0 Å². The average molecular weight is 320 g/mol. The van der Waals surface area contributed by atoms with Crippen molar-refractivity contribution in [3.8, 4) is 0 Å². The fourth-order valence-electron chi connectivity index (χ4n) is 2.84. The number of hydrogen-bond donors (Lipinski definition) is 1. The van der Waals surface area contributed by atoms with Gasteiger partial charge in [-0.05, 0) is 31.9 Å². The SMILES string of the molecule is CC(NC(=O)c1ccc(F)cc1F)c1nnc2n1CCCCC2. The molecule has 7 heteroatoms. The Balaban J connectivity index is 1.78. The number of aromatic nitrogens is 3. The molecule has 1 unspecified atom stereocenters. The smallest absolute Gasteiger partial charge is 0.254 e. The fourth-order valence-corrected chi connectivity index (χ4v) is 2.84. The van der Waals surface area contributed by atoms with E-state index in [0.29, 0.717) is 11.9 Å². The highest BCUT2D eigenvalue weighted by Gasteiger charge is 2.22. The zero-order chi connectivity index (χ0) is 16.4. The Labute approximate surface area is 132 Å². The lowest BCUT2D eigenvalue weighted by Gasteiger charge is -2.15. The van der Waals surface area contributed by atoms with Gasteiger partial charge in [-0.1, -0.05) is 6.42 Å². The number of halogens is 2. The van der Waals surface area contributed by atoms with E-state index in [1.54, 1.807) is 6.92 Å². The van der Waals surface area contributed by atoms with Crippen LogP contribution in [0.1, 0.15) is 54.2 Å². The van der Waals surface area contributed by atoms with Gasteiger partial charge in [0, 0.05) is 19.0 Å². The van der Waals surface area contributed by atoms with E-state index in [-0.39, 0.29) is 5.56 Å². The molecule has 0 saturated carbocycles. The first-order valence-electron chi connectivity index (χ1n) is 7.74. The van der Waals surface area contributed by atoms with E-state index >= 15 is 0 Å². The van der Waals surface area contributed by atoms with Gasteiger partial charge in [-0.15, -0.1) is 10.2 Å². The number of carbonyl (C=O) groups excluding carboxylic acids is 1. The Morgan fingerprint density at radius 2 is 2.09 bits per heavy atom. The lowest BCUT2D eigenvalue weighted by molar-refractivity contribution is 0.0933. The summed E-state index contributed by atoms with van der Waals surface area (Å²) in [6.45, 7) is 2.60. The number of rotatable bonds is 3. The molecule has 0 spiro atoms. The van der Waals surface area contributed by atoms with Gasteiger partial charge < -0.3 is 9.88 Å². The summed E-state index contributed by atoms with van der Waals surface area (Å²) < 4.78 is 28.6. The third-order valence-electron chi connectivity index (χ3n) is 4.05. The molecule has 1 atom stereocenters. The topological polar surface area (TPSA) is 59.8 Å². The Morgan fingerprint density at radius 3 is 2.87 bits per heavy atom. The number of aryl methyl sites for hydroxylation is 1. The van der Waals surface area contributed by atoms with Crippen LogP contribution in [0.2, 0.25) is 0 Å². The summed E-state index contributed by atoms with van der Waals surface area (Å²) in [6, 6.07) is 2.48. The average Bonchev–Trinajstić information content (AvgIpc) is 2.76. The van der Waals surface area contributed by atoms with Crippen LogP contribution in [0.15, 0.2) is 18.2 Å². The first-order valence-corrected chi connectivity index (χ1v) is 7.74. The van der Waals surface area contributed by atoms with Crippen molar-refractivity contribution in [3.05, 3.63) is 47.0 Å². The summed E-state index contributed by atoms with van der Waals surface area (Å²) >= 11 is 0. The van der Waals surface area contributed by atoms with Crippen LogP contribution in [0, 0.1) is 11.6 Å². The molecule has 1 amide bonds. The van der Waals surface area contributed by atoms with Crippen molar-refractivity contribution in [2.24, 2.45) is 0 Å². The van der Waals surface area contributed by atoms with Crippen LogP contribution in [0.25, 0.3) is 0 Å². The highest BCUT2D eigenvalue weighted by atomic mass is 19.1. The number of benzene rings is 1. The number of nitrogens with one attached hydrogen (secondary N) is 1. The van der Waals surface area contributed by atoms with Gasteiger partial charge in [0.25, 0.3) is 5.91 Å². The summed E-state index contributed by atoms with van der Waals surface area (Å²) in [5.41, 5.74) is -0.186. The Hall–Kier alpha value is -2.31. The second-order valence-corrected chi connectivity index (χ2v) is 5.76. The van der Waals surface area contributed by atoms with Crippen LogP contribution in [-0.2, 0) is 13.0 Å². The van der Waals surface area contributed by atoms with Gasteiger partial charge in [0.2, 0.25) is 0 Å². The molecule has 0 aliphatic carbocycles. The lowest BCUT2D eigenvalue weighted by atomic mass is 10.1. The van der Waals surface area contributed by atoms with Gasteiger partial charge in [-0.3, -0.25) is 4.79 Å². The van der Waals surface area contributed by atoms with E-state index < -0.39 is 23.6 Å². The van der Waals surface area contributed by atoms with Crippen LogP contribution in [-0.4, -0.2) is 20.7 Å². The van der Waals surface area contributed by atoms with Gasteiger partial charge in [0.15, 0.2) is 5.82 Å². The zero-order valence-corrected chi connectivity index (χ0v) is 12.9. The molecule has 0 fully saturated rings. The van der Waals surface area contributed by atoms with Crippen LogP contribution in [0.5, 0.6) is 0 Å². The third kappa shape index (κ3) is 3.23. The number of carbonyl (C=O) groups is 1. The molecule has 23 heavy (non-hydrogen) atoms. The minimum Gasteiger partial charge on any atom is -0.342 e. The van der Waals surface area contributed by atoms with Gasteiger partial charge >= 0.3 is 0 Å². The quantitative estimate of drug-likeness (QED) is 0.946. The second-order valence-electron chi connectivity index (χ2n) is 5.76. The first kappa shape index (κ1) is 15.6. The number of amides is 1. The standard InChI is InChI=1S/C16H18F2N4O/c1-10(15-21-20-14-5-3-2-4-8-22(14)15)19-16(23)12-7-6-11(17)9-13(12)18/h6-7,9-10H,2-5,8H2,1H3,(H,19,23). The van der Waals surface area contributed by atoms with E-state index in [9.17, 15) is 13.6 Å². The van der Waals surface area contributed by atoms with Crippen molar-refractivity contribution < 1.29 is 13.6 Å². The predicted octanol–water partition coefficient (Wildman–Crippen LogP) is 2.77. The van der Waals surface area contributed by atoms with Gasteiger partial charge in [0.05, 0.1) is 11.6 Å². The molecule has 5 nitrogen and oxygen atoms in total. The van der Waals surface area contributed by atoms with E-state index in [1.165, 1.54) is 0 Å². The molecule has 122 valence electrons. The van der Waals surface area contributed by atoms with Gasteiger partial charge in [-0.2, -0.15) is 0 Å².